The highest BCUT2D eigenvalue weighted by Crippen LogP contribution is 2.03. The summed E-state index contributed by atoms with van der Waals surface area (Å²) in [7, 11) is 0. The molecule has 0 spiro atoms. The van der Waals surface area contributed by atoms with Crippen LogP contribution in [0.5, 0.6) is 0 Å². The Hall–Kier alpha value is -1.32. The van der Waals surface area contributed by atoms with Gasteiger partial charge in [0.1, 0.15) is 5.76 Å². The monoisotopic (exact) mass is 196 g/mol. The summed E-state index contributed by atoms with van der Waals surface area (Å²) in [5.41, 5.74) is 0. The third-order valence-corrected chi connectivity index (χ3v) is 1.86. The average Bonchev–Trinajstić information content (AvgIpc) is 2.63. The van der Waals surface area contributed by atoms with E-state index in [1.165, 1.54) is 0 Å². The van der Waals surface area contributed by atoms with Crippen molar-refractivity contribution in [3.8, 4) is 0 Å². The molecule has 0 saturated heterocycles. The van der Waals surface area contributed by atoms with Gasteiger partial charge in [0.05, 0.1) is 12.7 Å². The smallest absolute Gasteiger partial charge is 0.220 e. The predicted octanol–water partition coefficient (Wildman–Crippen LogP) is 1.65. The second-order valence-corrected chi connectivity index (χ2v) is 3.10. The summed E-state index contributed by atoms with van der Waals surface area (Å²) in [6.45, 7) is 4.36. The van der Waals surface area contributed by atoms with Crippen LogP contribution in [0.3, 0.4) is 0 Å². The van der Waals surface area contributed by atoms with E-state index in [0.29, 0.717) is 18.9 Å². The zero-order valence-corrected chi connectivity index (χ0v) is 8.67. The van der Waals surface area contributed by atoms with Gasteiger partial charge in [-0.15, -0.1) is 0 Å². The molecule has 4 nitrogen and oxygen atoms in total. The second kappa shape index (κ2) is 5.42. The molecule has 0 aliphatic heterocycles. The summed E-state index contributed by atoms with van der Waals surface area (Å²) in [6.07, 6.45) is 3.94. The van der Waals surface area contributed by atoms with Crippen LogP contribution in [-0.2, 0) is 17.8 Å². The minimum absolute atomic E-state index is 0.0451. The van der Waals surface area contributed by atoms with E-state index in [4.69, 9.17) is 4.42 Å². The lowest BCUT2D eigenvalue weighted by Gasteiger charge is -1.99. The van der Waals surface area contributed by atoms with Crippen molar-refractivity contribution in [2.45, 2.75) is 39.7 Å². The Morgan fingerprint density at radius 3 is 2.93 bits per heavy atom. The molecule has 4 heteroatoms. The van der Waals surface area contributed by atoms with Gasteiger partial charge in [-0.25, -0.2) is 4.98 Å². The Morgan fingerprint density at radius 2 is 2.36 bits per heavy atom. The summed E-state index contributed by atoms with van der Waals surface area (Å²) in [6, 6.07) is 0. The molecular formula is C10H16N2O2. The zero-order chi connectivity index (χ0) is 10.4. The van der Waals surface area contributed by atoms with Crippen molar-refractivity contribution in [1.82, 2.24) is 10.3 Å². The highest BCUT2D eigenvalue weighted by atomic mass is 16.4. The maximum absolute atomic E-state index is 11.1. The first kappa shape index (κ1) is 10.8. The third-order valence-electron chi connectivity index (χ3n) is 1.86. The number of nitrogens with one attached hydrogen (secondary N) is 1. The summed E-state index contributed by atoms with van der Waals surface area (Å²) in [5, 5.41) is 2.74. The summed E-state index contributed by atoms with van der Waals surface area (Å²) < 4.78 is 5.34. The molecule has 0 aliphatic carbocycles. The number of aromatic nitrogens is 1. The SMILES string of the molecule is CCCC(=O)NCc1ncc(CC)o1. The first-order chi connectivity index (χ1) is 6.76. The van der Waals surface area contributed by atoms with E-state index in [0.717, 1.165) is 18.6 Å². The molecule has 0 fully saturated rings. The molecular weight excluding hydrogens is 180 g/mol. The minimum Gasteiger partial charge on any atom is -0.444 e. The number of rotatable bonds is 5. The van der Waals surface area contributed by atoms with Crippen molar-refractivity contribution in [3.05, 3.63) is 17.8 Å². The molecule has 0 atom stereocenters. The van der Waals surface area contributed by atoms with Gasteiger partial charge < -0.3 is 9.73 Å². The van der Waals surface area contributed by atoms with Gasteiger partial charge in [0.15, 0.2) is 0 Å². The van der Waals surface area contributed by atoms with Crippen LogP contribution in [0.4, 0.5) is 0 Å². The Balaban J connectivity index is 2.34. The lowest BCUT2D eigenvalue weighted by atomic mass is 10.3. The summed E-state index contributed by atoms with van der Waals surface area (Å²) in [5.74, 6) is 1.47. The molecule has 14 heavy (non-hydrogen) atoms. The number of carbonyl (C=O) groups is 1. The first-order valence-corrected chi connectivity index (χ1v) is 4.96. The number of hydrogen-bond acceptors (Lipinski definition) is 3. The normalized spacial score (nSPS) is 10.1. The van der Waals surface area contributed by atoms with Gasteiger partial charge in [-0.3, -0.25) is 4.79 Å². The molecule has 0 radical (unpaired) electrons. The number of hydrogen-bond donors (Lipinski definition) is 1. The quantitative estimate of drug-likeness (QED) is 0.779. The van der Waals surface area contributed by atoms with Crippen molar-refractivity contribution in [2.75, 3.05) is 0 Å². The molecule has 78 valence electrons. The fraction of sp³-hybridized carbons (Fsp3) is 0.600. The minimum atomic E-state index is 0.0451. The zero-order valence-electron chi connectivity index (χ0n) is 8.67. The van der Waals surface area contributed by atoms with Gasteiger partial charge in [-0.1, -0.05) is 13.8 Å². The Morgan fingerprint density at radius 1 is 1.57 bits per heavy atom. The lowest BCUT2D eigenvalue weighted by Crippen LogP contribution is -2.22. The van der Waals surface area contributed by atoms with Crippen molar-refractivity contribution >= 4 is 5.91 Å². The van der Waals surface area contributed by atoms with Gasteiger partial charge in [0.25, 0.3) is 0 Å². The molecule has 0 unspecified atom stereocenters. The van der Waals surface area contributed by atoms with Crippen LogP contribution in [0.1, 0.15) is 38.3 Å². The number of nitrogens with zero attached hydrogens (tertiary/aromatic N) is 1. The van der Waals surface area contributed by atoms with Crippen molar-refractivity contribution < 1.29 is 9.21 Å². The van der Waals surface area contributed by atoms with Crippen molar-refractivity contribution in [2.24, 2.45) is 0 Å². The fourth-order valence-electron chi connectivity index (χ4n) is 1.08. The van der Waals surface area contributed by atoms with Crippen LogP contribution < -0.4 is 5.32 Å². The number of carbonyl (C=O) groups excluding carboxylic acids is 1. The Bertz CT molecular complexity index is 294. The standard InChI is InChI=1S/C10H16N2O2/c1-3-5-9(13)11-7-10-12-6-8(4-2)14-10/h6H,3-5,7H2,1-2H3,(H,11,13). The number of aryl methyl sites for hydroxylation is 1. The lowest BCUT2D eigenvalue weighted by molar-refractivity contribution is -0.121. The van der Waals surface area contributed by atoms with Crippen LogP contribution in [0, 0.1) is 0 Å². The molecule has 1 amide bonds. The molecule has 0 aromatic carbocycles. The second-order valence-electron chi connectivity index (χ2n) is 3.10. The highest BCUT2D eigenvalue weighted by Gasteiger charge is 2.04. The highest BCUT2D eigenvalue weighted by molar-refractivity contribution is 5.75. The maximum atomic E-state index is 11.1. The van der Waals surface area contributed by atoms with Crippen molar-refractivity contribution in [1.29, 1.82) is 0 Å². The molecule has 1 N–H and O–H groups in total. The topological polar surface area (TPSA) is 55.1 Å². The Kier molecular flexibility index (Phi) is 4.16. The molecule has 1 aromatic heterocycles. The van der Waals surface area contributed by atoms with Gasteiger partial charge in [-0.05, 0) is 6.42 Å². The van der Waals surface area contributed by atoms with E-state index in [9.17, 15) is 4.79 Å². The van der Waals surface area contributed by atoms with Crippen LogP contribution in [0.25, 0.3) is 0 Å². The van der Waals surface area contributed by atoms with Crippen molar-refractivity contribution in [3.63, 3.8) is 0 Å². The fourth-order valence-corrected chi connectivity index (χ4v) is 1.08. The van der Waals surface area contributed by atoms with Crippen LogP contribution in [-0.4, -0.2) is 10.9 Å². The van der Waals surface area contributed by atoms with Gasteiger partial charge in [-0.2, -0.15) is 0 Å². The molecule has 1 heterocycles. The average molecular weight is 196 g/mol. The predicted molar refractivity (Wildman–Crippen MR) is 52.6 cm³/mol. The first-order valence-electron chi connectivity index (χ1n) is 4.96. The van der Waals surface area contributed by atoms with E-state index in [1.807, 2.05) is 13.8 Å². The van der Waals surface area contributed by atoms with E-state index in [-0.39, 0.29) is 5.91 Å². The number of amides is 1. The Labute approximate surface area is 83.7 Å². The maximum Gasteiger partial charge on any atom is 0.220 e. The molecule has 0 saturated carbocycles. The molecule has 1 rings (SSSR count). The van der Waals surface area contributed by atoms with E-state index < -0.39 is 0 Å². The molecule has 0 aliphatic rings. The van der Waals surface area contributed by atoms with E-state index >= 15 is 0 Å². The third kappa shape index (κ3) is 3.20. The van der Waals surface area contributed by atoms with E-state index in [1.54, 1.807) is 6.20 Å². The van der Waals surface area contributed by atoms with Crippen LogP contribution in [0.2, 0.25) is 0 Å². The van der Waals surface area contributed by atoms with Crippen LogP contribution in [0.15, 0.2) is 10.6 Å². The molecule has 1 aromatic rings. The van der Waals surface area contributed by atoms with Gasteiger partial charge in [0, 0.05) is 12.8 Å². The van der Waals surface area contributed by atoms with Gasteiger partial charge >= 0.3 is 0 Å². The van der Waals surface area contributed by atoms with Crippen LogP contribution >= 0.6 is 0 Å². The van der Waals surface area contributed by atoms with Gasteiger partial charge in [0.2, 0.25) is 11.8 Å². The molecule has 0 bridgehead atoms. The number of oxazole rings is 1. The summed E-state index contributed by atoms with van der Waals surface area (Å²) in [4.78, 5) is 15.1. The largest absolute Gasteiger partial charge is 0.444 e. The summed E-state index contributed by atoms with van der Waals surface area (Å²) >= 11 is 0. The van der Waals surface area contributed by atoms with E-state index in [2.05, 4.69) is 10.3 Å².